The summed E-state index contributed by atoms with van der Waals surface area (Å²) in [5.74, 6) is 0.563. The van der Waals surface area contributed by atoms with E-state index in [9.17, 15) is 0 Å². The minimum atomic E-state index is 0.563. The fourth-order valence-corrected chi connectivity index (χ4v) is 1.67. The van der Waals surface area contributed by atoms with Crippen LogP contribution in [0.15, 0.2) is 36.8 Å². The molecule has 0 spiro atoms. The van der Waals surface area contributed by atoms with Crippen molar-refractivity contribution in [2.75, 3.05) is 5.43 Å². The lowest BCUT2D eigenvalue weighted by molar-refractivity contribution is 0.960. The first-order chi connectivity index (χ1) is 9.15. The van der Waals surface area contributed by atoms with Gasteiger partial charge in [-0.05, 0) is 44.0 Å². The number of rotatable bonds is 4. The lowest BCUT2D eigenvalue weighted by Crippen LogP contribution is -2.17. The smallest absolute Gasteiger partial charge is 0.242 e. The summed E-state index contributed by atoms with van der Waals surface area (Å²) >= 11 is 0. The summed E-state index contributed by atoms with van der Waals surface area (Å²) in [6, 6.07) is 5.85. The van der Waals surface area contributed by atoms with E-state index in [0.717, 1.165) is 22.5 Å². The van der Waals surface area contributed by atoms with E-state index in [1.807, 2.05) is 51.4 Å². The summed E-state index contributed by atoms with van der Waals surface area (Å²) in [5.41, 5.74) is 9.96. The molecule has 0 aliphatic heterocycles. The Balaban J connectivity index is 1.99. The molecular weight excluding hydrogens is 238 g/mol. The Hall–Kier alpha value is -2.43. The number of allylic oxidation sites excluding steroid dienone is 1. The van der Waals surface area contributed by atoms with Crippen molar-refractivity contribution in [3.63, 3.8) is 0 Å². The summed E-state index contributed by atoms with van der Waals surface area (Å²) in [6.45, 7) is 5.89. The van der Waals surface area contributed by atoms with Crippen LogP contribution in [0, 0.1) is 13.8 Å². The number of aromatic nitrogens is 3. The van der Waals surface area contributed by atoms with Gasteiger partial charge in [0.2, 0.25) is 5.95 Å². The van der Waals surface area contributed by atoms with Gasteiger partial charge in [0.25, 0.3) is 0 Å². The Labute approximate surface area is 112 Å². The maximum absolute atomic E-state index is 4.28. The van der Waals surface area contributed by atoms with Crippen LogP contribution >= 0.6 is 0 Å². The molecule has 0 saturated carbocycles. The summed E-state index contributed by atoms with van der Waals surface area (Å²) in [5, 5.41) is 0. The molecule has 0 aliphatic rings. The largest absolute Gasteiger partial charge is 0.305 e. The second-order valence-corrected chi connectivity index (χ2v) is 4.31. The maximum Gasteiger partial charge on any atom is 0.242 e. The van der Waals surface area contributed by atoms with E-state index in [-0.39, 0.29) is 0 Å². The molecule has 0 unspecified atom stereocenters. The quantitative estimate of drug-likeness (QED) is 0.822. The van der Waals surface area contributed by atoms with Crippen molar-refractivity contribution in [2.45, 2.75) is 20.8 Å². The molecule has 0 aliphatic carbocycles. The van der Waals surface area contributed by atoms with Crippen molar-refractivity contribution in [2.24, 2.45) is 0 Å². The van der Waals surface area contributed by atoms with Crippen LogP contribution in [0.2, 0.25) is 0 Å². The van der Waals surface area contributed by atoms with Crippen LogP contribution in [-0.2, 0) is 0 Å². The van der Waals surface area contributed by atoms with Gasteiger partial charge in [0.05, 0.1) is 0 Å². The molecule has 2 rings (SSSR count). The highest BCUT2D eigenvalue weighted by atomic mass is 15.4. The van der Waals surface area contributed by atoms with Gasteiger partial charge in [0.15, 0.2) is 0 Å². The SMILES string of the molecule is C/C(=C\NNc1nc(C)cc(C)n1)c1cccnc1. The third kappa shape index (κ3) is 3.77. The Bertz CT molecular complexity index is 557. The monoisotopic (exact) mass is 255 g/mol. The van der Waals surface area contributed by atoms with E-state index in [1.54, 1.807) is 6.20 Å². The lowest BCUT2D eigenvalue weighted by Gasteiger charge is -2.07. The molecule has 0 bridgehead atoms. The second-order valence-electron chi connectivity index (χ2n) is 4.31. The Morgan fingerprint density at radius 3 is 2.58 bits per heavy atom. The first kappa shape index (κ1) is 13.0. The predicted molar refractivity (Wildman–Crippen MR) is 76.2 cm³/mol. The molecule has 0 atom stereocenters. The van der Waals surface area contributed by atoms with Gasteiger partial charge in [-0.2, -0.15) is 0 Å². The second kappa shape index (κ2) is 5.95. The van der Waals surface area contributed by atoms with E-state index in [1.165, 1.54) is 0 Å². The van der Waals surface area contributed by atoms with E-state index >= 15 is 0 Å². The van der Waals surface area contributed by atoms with Crippen LogP contribution in [0.5, 0.6) is 0 Å². The van der Waals surface area contributed by atoms with Crippen LogP contribution in [0.3, 0.4) is 0 Å². The molecule has 0 amide bonds. The van der Waals surface area contributed by atoms with Gasteiger partial charge >= 0.3 is 0 Å². The number of aryl methyl sites for hydroxylation is 2. The van der Waals surface area contributed by atoms with Gasteiger partial charge in [-0.1, -0.05) is 6.07 Å². The Morgan fingerprint density at radius 2 is 1.95 bits per heavy atom. The number of nitrogens with zero attached hydrogens (tertiary/aromatic N) is 3. The zero-order chi connectivity index (χ0) is 13.7. The molecule has 2 aromatic rings. The minimum absolute atomic E-state index is 0.563. The predicted octanol–water partition coefficient (Wildman–Crippen LogP) is 2.47. The van der Waals surface area contributed by atoms with Crippen molar-refractivity contribution in [3.8, 4) is 0 Å². The van der Waals surface area contributed by atoms with E-state index in [0.29, 0.717) is 5.95 Å². The van der Waals surface area contributed by atoms with Gasteiger partial charge in [0, 0.05) is 30.0 Å². The van der Waals surface area contributed by atoms with Crippen molar-refractivity contribution in [1.82, 2.24) is 20.4 Å². The van der Waals surface area contributed by atoms with Crippen molar-refractivity contribution in [1.29, 1.82) is 0 Å². The zero-order valence-corrected chi connectivity index (χ0v) is 11.3. The van der Waals surface area contributed by atoms with E-state index < -0.39 is 0 Å². The molecule has 98 valence electrons. The Kier molecular flexibility index (Phi) is 4.07. The van der Waals surface area contributed by atoms with Crippen LogP contribution < -0.4 is 10.9 Å². The highest BCUT2D eigenvalue weighted by Crippen LogP contribution is 2.10. The van der Waals surface area contributed by atoms with Crippen LogP contribution in [-0.4, -0.2) is 15.0 Å². The molecule has 5 heteroatoms. The normalized spacial score (nSPS) is 11.2. The third-order valence-electron chi connectivity index (χ3n) is 2.57. The fourth-order valence-electron chi connectivity index (χ4n) is 1.67. The number of anilines is 1. The average Bonchev–Trinajstić information content (AvgIpc) is 2.38. The maximum atomic E-state index is 4.28. The number of hydrogen-bond donors (Lipinski definition) is 2. The molecular formula is C14H17N5. The van der Waals surface area contributed by atoms with Crippen LogP contribution in [0.25, 0.3) is 5.57 Å². The first-order valence-corrected chi connectivity index (χ1v) is 6.06. The fraction of sp³-hybridized carbons (Fsp3) is 0.214. The first-order valence-electron chi connectivity index (χ1n) is 6.06. The molecule has 19 heavy (non-hydrogen) atoms. The molecule has 2 N–H and O–H groups in total. The highest BCUT2D eigenvalue weighted by Gasteiger charge is 1.98. The standard InChI is InChI=1S/C14H17N5/c1-10(13-5-4-6-15-9-13)8-16-19-14-17-11(2)7-12(3)18-14/h4-9,16H,1-3H3,(H,17,18,19)/b10-8+. The number of nitrogens with one attached hydrogen (secondary N) is 2. The molecule has 0 saturated heterocycles. The minimum Gasteiger partial charge on any atom is -0.305 e. The molecule has 2 aromatic heterocycles. The third-order valence-corrected chi connectivity index (χ3v) is 2.57. The van der Waals surface area contributed by atoms with Gasteiger partial charge in [-0.15, -0.1) is 0 Å². The summed E-state index contributed by atoms with van der Waals surface area (Å²) in [4.78, 5) is 12.6. The van der Waals surface area contributed by atoms with Crippen molar-refractivity contribution >= 4 is 11.5 Å². The van der Waals surface area contributed by atoms with Gasteiger partial charge in [0.1, 0.15) is 0 Å². The van der Waals surface area contributed by atoms with Crippen molar-refractivity contribution in [3.05, 3.63) is 53.7 Å². The highest BCUT2D eigenvalue weighted by molar-refractivity contribution is 5.62. The topological polar surface area (TPSA) is 62.7 Å². The Morgan fingerprint density at radius 1 is 1.21 bits per heavy atom. The summed E-state index contributed by atoms with van der Waals surface area (Å²) in [7, 11) is 0. The van der Waals surface area contributed by atoms with Crippen LogP contribution in [0.4, 0.5) is 5.95 Å². The van der Waals surface area contributed by atoms with E-state index in [4.69, 9.17) is 0 Å². The zero-order valence-electron chi connectivity index (χ0n) is 11.3. The molecule has 0 aromatic carbocycles. The van der Waals surface area contributed by atoms with Crippen LogP contribution in [0.1, 0.15) is 23.9 Å². The number of pyridine rings is 1. The molecule has 2 heterocycles. The summed E-state index contributed by atoms with van der Waals surface area (Å²) in [6.07, 6.45) is 5.44. The average molecular weight is 255 g/mol. The van der Waals surface area contributed by atoms with Gasteiger partial charge < -0.3 is 5.43 Å². The lowest BCUT2D eigenvalue weighted by atomic mass is 10.1. The van der Waals surface area contributed by atoms with E-state index in [2.05, 4.69) is 25.8 Å². The van der Waals surface area contributed by atoms with Gasteiger partial charge in [-0.25, -0.2) is 9.97 Å². The number of hydrogen-bond acceptors (Lipinski definition) is 5. The van der Waals surface area contributed by atoms with Crippen molar-refractivity contribution < 1.29 is 0 Å². The van der Waals surface area contributed by atoms with Gasteiger partial charge in [-0.3, -0.25) is 10.4 Å². The molecule has 0 radical (unpaired) electrons. The molecule has 5 nitrogen and oxygen atoms in total. The summed E-state index contributed by atoms with van der Waals surface area (Å²) < 4.78 is 0. The number of hydrazine groups is 1. The molecule has 0 fully saturated rings.